The molecule has 4 nitrogen and oxygen atoms in total. The quantitative estimate of drug-likeness (QED) is 0.888. The molecule has 0 saturated heterocycles. The first kappa shape index (κ1) is 14.0. The number of H-pyrrole nitrogens is 1. The molecular formula is C17H22N2O2. The predicted molar refractivity (Wildman–Crippen MR) is 83.7 cm³/mol. The van der Waals surface area contributed by atoms with Gasteiger partial charge >= 0.3 is 0 Å². The van der Waals surface area contributed by atoms with Crippen molar-refractivity contribution in [2.75, 3.05) is 7.11 Å². The van der Waals surface area contributed by atoms with Crippen LogP contribution >= 0.6 is 0 Å². The van der Waals surface area contributed by atoms with Gasteiger partial charge in [-0.25, -0.2) is 0 Å². The Morgan fingerprint density at radius 3 is 3.05 bits per heavy atom. The van der Waals surface area contributed by atoms with Crippen molar-refractivity contribution < 1.29 is 9.53 Å². The fraction of sp³-hybridized carbons (Fsp3) is 0.471. The molecule has 21 heavy (non-hydrogen) atoms. The average molecular weight is 286 g/mol. The van der Waals surface area contributed by atoms with Crippen LogP contribution in [-0.4, -0.2) is 24.0 Å². The van der Waals surface area contributed by atoms with Gasteiger partial charge < -0.3 is 15.0 Å². The van der Waals surface area contributed by atoms with Crippen molar-refractivity contribution >= 4 is 16.8 Å². The van der Waals surface area contributed by atoms with E-state index in [1.807, 2.05) is 6.07 Å². The highest BCUT2D eigenvalue weighted by atomic mass is 16.5. The van der Waals surface area contributed by atoms with Gasteiger partial charge in [-0.15, -0.1) is 0 Å². The summed E-state index contributed by atoms with van der Waals surface area (Å²) in [7, 11) is 1.69. The van der Waals surface area contributed by atoms with E-state index in [0.29, 0.717) is 6.42 Å². The molecule has 0 saturated carbocycles. The second-order valence-corrected chi connectivity index (χ2v) is 5.77. The molecule has 1 aromatic carbocycles. The van der Waals surface area contributed by atoms with Crippen LogP contribution in [0.5, 0.6) is 5.75 Å². The Bertz CT molecular complexity index is 660. The molecule has 4 heteroatoms. The van der Waals surface area contributed by atoms with Crippen molar-refractivity contribution in [2.45, 2.75) is 45.1 Å². The van der Waals surface area contributed by atoms with Crippen LogP contribution in [-0.2, 0) is 17.6 Å². The van der Waals surface area contributed by atoms with Gasteiger partial charge in [0.25, 0.3) is 0 Å². The van der Waals surface area contributed by atoms with Crippen LogP contribution in [0.1, 0.15) is 37.4 Å². The zero-order chi connectivity index (χ0) is 14.8. The Labute approximate surface area is 124 Å². The first-order chi connectivity index (χ1) is 10.2. The van der Waals surface area contributed by atoms with Crippen LogP contribution < -0.4 is 10.1 Å². The number of hydrogen-bond donors (Lipinski definition) is 2. The lowest BCUT2D eigenvalue weighted by atomic mass is 10.1. The summed E-state index contributed by atoms with van der Waals surface area (Å²) in [6.07, 6.45) is 4.45. The van der Waals surface area contributed by atoms with E-state index >= 15 is 0 Å². The summed E-state index contributed by atoms with van der Waals surface area (Å²) in [4.78, 5) is 15.3. The summed E-state index contributed by atoms with van der Waals surface area (Å²) >= 11 is 0. The Kier molecular flexibility index (Phi) is 3.86. The van der Waals surface area contributed by atoms with Gasteiger partial charge in [0.05, 0.1) is 7.11 Å². The minimum absolute atomic E-state index is 0.175. The van der Waals surface area contributed by atoms with Crippen LogP contribution in [0.15, 0.2) is 18.2 Å². The Hall–Kier alpha value is -1.97. The number of nitrogens with one attached hydrogen (secondary N) is 2. The first-order valence-corrected chi connectivity index (χ1v) is 7.68. The topological polar surface area (TPSA) is 54.1 Å². The Morgan fingerprint density at radius 1 is 1.43 bits per heavy atom. The van der Waals surface area contributed by atoms with E-state index in [1.165, 1.54) is 16.6 Å². The third-order valence-electron chi connectivity index (χ3n) is 4.23. The molecule has 3 rings (SSSR count). The third kappa shape index (κ3) is 2.75. The summed E-state index contributed by atoms with van der Waals surface area (Å²) in [5.74, 6) is 1.05. The molecule has 0 radical (unpaired) electrons. The number of amides is 1. The molecule has 0 spiro atoms. The summed E-state index contributed by atoms with van der Waals surface area (Å²) in [6, 6.07) is 6.33. The number of aromatic amines is 1. The average Bonchev–Trinajstić information content (AvgIpc) is 3.01. The lowest BCUT2D eigenvalue weighted by molar-refractivity contribution is -0.121. The fourth-order valence-corrected chi connectivity index (χ4v) is 3.12. The molecular weight excluding hydrogens is 264 g/mol. The van der Waals surface area contributed by atoms with E-state index in [1.54, 1.807) is 7.11 Å². The highest BCUT2D eigenvalue weighted by molar-refractivity contribution is 5.87. The van der Waals surface area contributed by atoms with Crippen LogP contribution in [0.4, 0.5) is 0 Å². The van der Waals surface area contributed by atoms with Gasteiger partial charge in [0.1, 0.15) is 5.75 Å². The first-order valence-electron chi connectivity index (χ1n) is 7.68. The number of hydrogen-bond acceptors (Lipinski definition) is 2. The minimum Gasteiger partial charge on any atom is -0.497 e. The van der Waals surface area contributed by atoms with Gasteiger partial charge in [-0.1, -0.05) is 13.3 Å². The summed E-state index contributed by atoms with van der Waals surface area (Å²) in [5, 5.41) is 4.37. The van der Waals surface area contributed by atoms with Crippen LogP contribution in [0.3, 0.4) is 0 Å². The third-order valence-corrected chi connectivity index (χ3v) is 4.23. The molecule has 1 aliphatic carbocycles. The molecule has 1 heterocycles. The van der Waals surface area contributed by atoms with Crippen molar-refractivity contribution in [1.82, 2.24) is 10.3 Å². The second-order valence-electron chi connectivity index (χ2n) is 5.77. The number of benzene rings is 1. The van der Waals surface area contributed by atoms with Crippen molar-refractivity contribution in [3.05, 3.63) is 29.5 Å². The highest BCUT2D eigenvalue weighted by Crippen LogP contribution is 2.32. The Morgan fingerprint density at radius 2 is 2.29 bits per heavy atom. The number of rotatable bonds is 5. The number of ether oxygens (including phenoxy) is 1. The SMILES string of the molecule is CCCCC(=O)NC1Cc2[nH]c3ccc(OC)cc3c2C1. The maximum atomic E-state index is 11.9. The van der Waals surface area contributed by atoms with Gasteiger partial charge in [-0.2, -0.15) is 0 Å². The molecule has 0 fully saturated rings. The van der Waals surface area contributed by atoms with E-state index in [0.717, 1.165) is 36.9 Å². The summed E-state index contributed by atoms with van der Waals surface area (Å²) in [6.45, 7) is 2.10. The smallest absolute Gasteiger partial charge is 0.220 e. The largest absolute Gasteiger partial charge is 0.497 e. The number of methoxy groups -OCH3 is 1. The van der Waals surface area contributed by atoms with Gasteiger partial charge in [0.15, 0.2) is 0 Å². The predicted octanol–water partition coefficient (Wildman–Crippen LogP) is 2.95. The molecule has 0 bridgehead atoms. The standard InChI is InChI=1S/C17H22N2O2/c1-3-4-5-17(20)18-11-8-13-14-10-12(21-2)6-7-15(14)19-16(13)9-11/h6-7,10-11,19H,3-5,8-9H2,1-2H3,(H,18,20). The Balaban J connectivity index is 1.74. The number of carbonyl (C=O) groups is 1. The van der Waals surface area contributed by atoms with Crippen LogP contribution in [0.2, 0.25) is 0 Å². The number of carbonyl (C=O) groups excluding carboxylic acids is 1. The fourth-order valence-electron chi connectivity index (χ4n) is 3.12. The van der Waals surface area contributed by atoms with Crippen molar-refractivity contribution in [2.24, 2.45) is 0 Å². The number of unbranched alkanes of at least 4 members (excludes halogenated alkanes) is 1. The van der Waals surface area contributed by atoms with E-state index in [-0.39, 0.29) is 11.9 Å². The minimum atomic E-state index is 0.175. The van der Waals surface area contributed by atoms with Gasteiger partial charge in [-0.3, -0.25) is 4.79 Å². The molecule has 2 N–H and O–H groups in total. The van der Waals surface area contributed by atoms with Gasteiger partial charge in [-0.05, 0) is 36.6 Å². The molecule has 1 aromatic heterocycles. The molecule has 1 amide bonds. The molecule has 1 aliphatic rings. The molecule has 1 atom stereocenters. The van der Waals surface area contributed by atoms with Crippen molar-refractivity contribution in [3.8, 4) is 5.75 Å². The maximum absolute atomic E-state index is 11.9. The van der Waals surface area contributed by atoms with E-state index < -0.39 is 0 Å². The van der Waals surface area contributed by atoms with Crippen molar-refractivity contribution in [1.29, 1.82) is 0 Å². The zero-order valence-electron chi connectivity index (χ0n) is 12.7. The summed E-state index contributed by atoms with van der Waals surface area (Å²) in [5.41, 5.74) is 3.72. The lowest BCUT2D eigenvalue weighted by Gasteiger charge is -2.12. The van der Waals surface area contributed by atoms with E-state index in [4.69, 9.17) is 4.74 Å². The molecule has 112 valence electrons. The van der Waals surface area contributed by atoms with E-state index in [2.05, 4.69) is 29.4 Å². The van der Waals surface area contributed by atoms with E-state index in [9.17, 15) is 4.79 Å². The van der Waals surface area contributed by atoms with Gasteiger partial charge in [0, 0.05) is 35.5 Å². The monoisotopic (exact) mass is 286 g/mol. The molecule has 1 unspecified atom stereocenters. The van der Waals surface area contributed by atoms with Crippen LogP contribution in [0.25, 0.3) is 10.9 Å². The normalized spacial score (nSPS) is 17.0. The van der Waals surface area contributed by atoms with Crippen molar-refractivity contribution in [3.63, 3.8) is 0 Å². The number of fused-ring (bicyclic) bond motifs is 3. The lowest BCUT2D eigenvalue weighted by Crippen LogP contribution is -2.35. The second kappa shape index (κ2) is 5.80. The summed E-state index contributed by atoms with van der Waals surface area (Å²) < 4.78 is 5.30. The maximum Gasteiger partial charge on any atom is 0.220 e. The number of aromatic nitrogens is 1. The van der Waals surface area contributed by atoms with Crippen LogP contribution in [0, 0.1) is 0 Å². The molecule has 2 aromatic rings. The molecule has 0 aliphatic heterocycles. The van der Waals surface area contributed by atoms with Gasteiger partial charge in [0.2, 0.25) is 5.91 Å². The highest BCUT2D eigenvalue weighted by Gasteiger charge is 2.26. The zero-order valence-corrected chi connectivity index (χ0v) is 12.7.